The molecule has 2 aromatic heterocycles. The van der Waals surface area contributed by atoms with Crippen LogP contribution >= 0.6 is 0 Å². The fraction of sp³-hybridized carbons (Fsp3) is 0.238. The summed E-state index contributed by atoms with van der Waals surface area (Å²) in [5, 5.41) is 5.70. The highest BCUT2D eigenvalue weighted by Gasteiger charge is 2.53. The molecule has 4 heterocycles. The number of amides is 4. The van der Waals surface area contributed by atoms with E-state index in [1.165, 1.54) is 12.0 Å². The van der Waals surface area contributed by atoms with E-state index in [0.29, 0.717) is 23.4 Å². The van der Waals surface area contributed by atoms with Gasteiger partial charge in [0, 0.05) is 23.2 Å². The summed E-state index contributed by atoms with van der Waals surface area (Å²) < 4.78 is 11.1. The van der Waals surface area contributed by atoms with E-state index in [4.69, 9.17) is 9.15 Å². The fourth-order valence-electron chi connectivity index (χ4n) is 4.00. The third-order valence-electron chi connectivity index (χ3n) is 5.53. The summed E-state index contributed by atoms with van der Waals surface area (Å²) >= 11 is 0. The number of rotatable bonds is 4. The Bertz CT molecular complexity index is 1230. The number of carbonyl (C=O) groups excluding carboxylic acids is 3. The van der Waals surface area contributed by atoms with E-state index in [9.17, 15) is 14.4 Å². The number of ether oxygens (including phenoxy) is 1. The predicted octanol–water partition coefficient (Wildman–Crippen LogP) is 1.84. The number of methoxy groups -OCH3 is 1. The Labute approximate surface area is 171 Å². The minimum Gasteiger partial charge on any atom is -0.497 e. The van der Waals surface area contributed by atoms with Crippen molar-refractivity contribution in [1.82, 2.24) is 20.5 Å². The van der Waals surface area contributed by atoms with Crippen molar-refractivity contribution in [3.63, 3.8) is 0 Å². The molecule has 1 aromatic carbocycles. The summed E-state index contributed by atoms with van der Waals surface area (Å²) in [4.78, 5) is 43.7. The minimum atomic E-state index is -1.54. The SMILES string of the molecule is COc1ccc2c(c1)C(=O)N(C[C@@]1(c3cc4cc(C)ncc4o3)NC(=O)NC1=O)C2. The number of pyridine rings is 1. The average Bonchev–Trinajstić information content (AvgIpc) is 3.36. The normalized spacial score (nSPS) is 20.5. The molecule has 9 heteroatoms. The van der Waals surface area contributed by atoms with E-state index in [1.54, 1.807) is 24.4 Å². The smallest absolute Gasteiger partial charge is 0.322 e. The highest BCUT2D eigenvalue weighted by atomic mass is 16.5. The number of hydrogen-bond donors (Lipinski definition) is 2. The molecule has 2 aliphatic heterocycles. The molecular weight excluding hydrogens is 388 g/mol. The van der Waals surface area contributed by atoms with Crippen LogP contribution in [0.1, 0.15) is 27.4 Å². The van der Waals surface area contributed by atoms with Gasteiger partial charge in [0.15, 0.2) is 11.1 Å². The molecule has 1 saturated heterocycles. The number of nitrogens with one attached hydrogen (secondary N) is 2. The van der Waals surface area contributed by atoms with Gasteiger partial charge in [-0.2, -0.15) is 0 Å². The van der Waals surface area contributed by atoms with E-state index >= 15 is 0 Å². The molecule has 0 aliphatic carbocycles. The van der Waals surface area contributed by atoms with Gasteiger partial charge in [-0.25, -0.2) is 4.79 Å². The number of aromatic nitrogens is 1. The summed E-state index contributed by atoms with van der Waals surface area (Å²) in [7, 11) is 1.53. The Morgan fingerprint density at radius 1 is 1.23 bits per heavy atom. The van der Waals surface area contributed by atoms with Crippen LogP contribution in [-0.4, -0.2) is 41.4 Å². The second-order valence-corrected chi connectivity index (χ2v) is 7.47. The van der Waals surface area contributed by atoms with Crippen LogP contribution in [0.25, 0.3) is 11.0 Å². The van der Waals surface area contributed by atoms with Crippen molar-refractivity contribution in [2.45, 2.75) is 19.0 Å². The molecule has 1 fully saturated rings. The molecule has 9 nitrogen and oxygen atoms in total. The second kappa shape index (κ2) is 6.31. The van der Waals surface area contributed by atoms with Crippen LogP contribution in [-0.2, 0) is 16.9 Å². The molecule has 1 atom stereocenters. The van der Waals surface area contributed by atoms with Gasteiger partial charge in [-0.15, -0.1) is 0 Å². The molecule has 0 spiro atoms. The Balaban J connectivity index is 1.55. The maximum atomic E-state index is 13.0. The van der Waals surface area contributed by atoms with Gasteiger partial charge in [0.2, 0.25) is 0 Å². The maximum Gasteiger partial charge on any atom is 0.322 e. The Morgan fingerprint density at radius 2 is 2.07 bits per heavy atom. The number of hydrogen-bond acceptors (Lipinski definition) is 6. The lowest BCUT2D eigenvalue weighted by Crippen LogP contribution is -2.52. The van der Waals surface area contributed by atoms with Crippen molar-refractivity contribution >= 4 is 28.8 Å². The van der Waals surface area contributed by atoms with Crippen LogP contribution in [0, 0.1) is 6.92 Å². The number of imide groups is 1. The van der Waals surface area contributed by atoms with Crippen LogP contribution in [0.2, 0.25) is 0 Å². The molecule has 3 aromatic rings. The number of aryl methyl sites for hydroxylation is 1. The number of fused-ring (bicyclic) bond motifs is 2. The molecule has 2 aliphatic rings. The van der Waals surface area contributed by atoms with E-state index < -0.39 is 17.5 Å². The summed E-state index contributed by atoms with van der Waals surface area (Å²) in [6, 6.07) is 8.17. The van der Waals surface area contributed by atoms with Crippen molar-refractivity contribution in [2.24, 2.45) is 0 Å². The van der Waals surface area contributed by atoms with E-state index in [1.807, 2.05) is 19.1 Å². The topological polar surface area (TPSA) is 114 Å². The largest absolute Gasteiger partial charge is 0.497 e. The molecule has 5 rings (SSSR count). The van der Waals surface area contributed by atoms with E-state index in [-0.39, 0.29) is 18.2 Å². The van der Waals surface area contributed by atoms with Crippen LogP contribution in [0.3, 0.4) is 0 Å². The van der Waals surface area contributed by atoms with Gasteiger partial charge in [-0.3, -0.25) is 19.9 Å². The molecule has 0 saturated carbocycles. The molecule has 4 amide bonds. The molecular formula is C21H18N4O5. The summed E-state index contributed by atoms with van der Waals surface area (Å²) in [6.45, 7) is 2.08. The molecule has 2 N–H and O–H groups in total. The lowest BCUT2D eigenvalue weighted by Gasteiger charge is -2.29. The zero-order valence-corrected chi connectivity index (χ0v) is 16.3. The standard InChI is InChI=1S/C21H18N4O5/c1-11-5-13-6-17(30-16(13)8-22-11)21(19(27)23-20(28)24-21)10-25-9-12-3-4-14(29-2)7-15(12)18(25)26/h3-8H,9-10H2,1-2H3,(H2,23,24,27,28)/t21-/m0/s1. The van der Waals surface area contributed by atoms with Crippen molar-refractivity contribution in [2.75, 3.05) is 13.7 Å². The van der Waals surface area contributed by atoms with Crippen LogP contribution in [0.15, 0.2) is 40.9 Å². The van der Waals surface area contributed by atoms with E-state index in [0.717, 1.165) is 16.6 Å². The molecule has 0 unspecified atom stereocenters. The zero-order chi connectivity index (χ0) is 21.0. The van der Waals surface area contributed by atoms with Crippen LogP contribution in [0.5, 0.6) is 5.75 Å². The number of carbonyl (C=O) groups is 3. The van der Waals surface area contributed by atoms with Gasteiger partial charge < -0.3 is 19.4 Å². The predicted molar refractivity (Wildman–Crippen MR) is 105 cm³/mol. The highest BCUT2D eigenvalue weighted by molar-refractivity contribution is 6.08. The van der Waals surface area contributed by atoms with Crippen molar-refractivity contribution in [1.29, 1.82) is 0 Å². The van der Waals surface area contributed by atoms with Crippen LogP contribution in [0.4, 0.5) is 4.79 Å². The highest BCUT2D eigenvalue weighted by Crippen LogP contribution is 2.34. The number of benzene rings is 1. The van der Waals surface area contributed by atoms with Gasteiger partial charge in [-0.1, -0.05) is 6.07 Å². The Kier molecular flexibility index (Phi) is 3.82. The van der Waals surface area contributed by atoms with Gasteiger partial charge >= 0.3 is 6.03 Å². The van der Waals surface area contributed by atoms with Gasteiger partial charge in [-0.05, 0) is 36.8 Å². The van der Waals surface area contributed by atoms with Crippen molar-refractivity contribution in [3.8, 4) is 5.75 Å². The lowest BCUT2D eigenvalue weighted by atomic mass is 9.95. The first-order chi connectivity index (χ1) is 14.4. The second-order valence-electron chi connectivity index (χ2n) is 7.47. The maximum absolute atomic E-state index is 13.0. The van der Waals surface area contributed by atoms with Crippen molar-refractivity contribution < 1.29 is 23.5 Å². The van der Waals surface area contributed by atoms with Crippen molar-refractivity contribution in [3.05, 3.63) is 59.1 Å². The summed E-state index contributed by atoms with van der Waals surface area (Å²) in [6.07, 6.45) is 1.57. The third-order valence-corrected chi connectivity index (χ3v) is 5.53. The van der Waals surface area contributed by atoms with Crippen LogP contribution < -0.4 is 15.4 Å². The summed E-state index contributed by atoms with van der Waals surface area (Å²) in [5.74, 6) is 0.00346. The number of urea groups is 1. The Morgan fingerprint density at radius 3 is 2.80 bits per heavy atom. The van der Waals surface area contributed by atoms with E-state index in [2.05, 4.69) is 15.6 Å². The molecule has 0 bridgehead atoms. The third kappa shape index (κ3) is 2.62. The molecule has 0 radical (unpaired) electrons. The lowest BCUT2D eigenvalue weighted by molar-refractivity contribution is -0.125. The average molecular weight is 406 g/mol. The molecule has 152 valence electrons. The number of furan rings is 1. The molecule has 30 heavy (non-hydrogen) atoms. The van der Waals surface area contributed by atoms with Gasteiger partial charge in [0.05, 0.1) is 19.9 Å². The zero-order valence-electron chi connectivity index (χ0n) is 16.3. The Hall–Kier alpha value is -3.88. The monoisotopic (exact) mass is 406 g/mol. The number of nitrogens with zero attached hydrogens (tertiary/aromatic N) is 2. The quantitative estimate of drug-likeness (QED) is 0.639. The van der Waals surface area contributed by atoms with Gasteiger partial charge in [0.25, 0.3) is 11.8 Å². The fourth-order valence-corrected chi connectivity index (χ4v) is 4.00. The first kappa shape index (κ1) is 18.2. The summed E-state index contributed by atoms with van der Waals surface area (Å²) in [5.41, 5.74) is 1.09. The minimum absolute atomic E-state index is 0.0768. The first-order valence-corrected chi connectivity index (χ1v) is 9.36. The first-order valence-electron chi connectivity index (χ1n) is 9.36. The van der Waals surface area contributed by atoms with Gasteiger partial charge in [0.1, 0.15) is 11.5 Å².